The molecule has 0 fully saturated rings. The minimum atomic E-state index is 0.0188. The quantitative estimate of drug-likeness (QED) is 0.215. The van der Waals surface area contributed by atoms with Gasteiger partial charge in [0.15, 0.2) is 0 Å². The predicted octanol–water partition coefficient (Wildman–Crippen LogP) is -0.422. The lowest BCUT2D eigenvalue weighted by Crippen LogP contribution is -2.41. The number of nitrogens with two attached hydrogens (primary N) is 1. The van der Waals surface area contributed by atoms with Crippen LogP contribution in [-0.4, -0.2) is 31.5 Å². The Morgan fingerprint density at radius 3 is 2.56 bits per heavy atom. The summed E-state index contributed by atoms with van der Waals surface area (Å²) >= 11 is 0. The number of amides is 1. The van der Waals surface area contributed by atoms with E-state index in [0.717, 1.165) is 6.54 Å². The second-order valence-corrected chi connectivity index (χ2v) is 3.85. The van der Waals surface area contributed by atoms with Crippen LogP contribution in [0.25, 0.3) is 0 Å². The number of carbonyl (C=O) groups is 1. The Morgan fingerprint density at radius 2 is 2.06 bits per heavy atom. The molecule has 0 aromatic carbocycles. The van der Waals surface area contributed by atoms with Crippen LogP contribution >= 0.6 is 0 Å². The van der Waals surface area contributed by atoms with E-state index in [1.165, 1.54) is 0 Å². The molecule has 0 aromatic rings. The maximum Gasteiger partial charge on any atom is 0.221 e. The average molecular weight is 229 g/mol. The van der Waals surface area contributed by atoms with Gasteiger partial charge in [0.25, 0.3) is 0 Å². The molecule has 6 nitrogen and oxygen atoms in total. The molecule has 0 heterocycles. The van der Waals surface area contributed by atoms with Crippen LogP contribution in [0.2, 0.25) is 0 Å². The van der Waals surface area contributed by atoms with Crippen molar-refractivity contribution in [2.45, 2.75) is 27.2 Å². The van der Waals surface area contributed by atoms with E-state index in [9.17, 15) is 4.79 Å². The summed E-state index contributed by atoms with van der Waals surface area (Å²) in [7, 11) is 0. The molecule has 0 aromatic heterocycles. The standard InChI is InChI=1S/C10H23N5O/c1-4-12-10(15-11)13-6-5-9(16)14-7-8(2)3/h8H,4-7,11H2,1-3H3,(H,14,16)(H2,12,13,15). The van der Waals surface area contributed by atoms with E-state index in [4.69, 9.17) is 5.84 Å². The number of hydrogen-bond acceptors (Lipinski definition) is 3. The van der Waals surface area contributed by atoms with Crippen LogP contribution in [0, 0.1) is 5.92 Å². The first-order valence-corrected chi connectivity index (χ1v) is 5.61. The maximum atomic E-state index is 11.3. The number of aliphatic imine (C=N–C) groups is 1. The minimum absolute atomic E-state index is 0.0188. The van der Waals surface area contributed by atoms with Gasteiger partial charge in [0.05, 0.1) is 6.54 Å². The maximum absolute atomic E-state index is 11.3. The number of rotatable bonds is 6. The molecule has 0 unspecified atom stereocenters. The third-order valence-electron chi connectivity index (χ3n) is 1.80. The molecule has 0 bridgehead atoms. The van der Waals surface area contributed by atoms with Gasteiger partial charge in [-0.15, -0.1) is 0 Å². The fourth-order valence-electron chi connectivity index (χ4n) is 0.996. The molecule has 16 heavy (non-hydrogen) atoms. The lowest BCUT2D eigenvalue weighted by molar-refractivity contribution is -0.121. The van der Waals surface area contributed by atoms with Crippen LogP contribution in [0.1, 0.15) is 27.2 Å². The average Bonchev–Trinajstić information content (AvgIpc) is 2.25. The highest BCUT2D eigenvalue weighted by atomic mass is 16.1. The Labute approximate surface area is 97.0 Å². The molecular formula is C10H23N5O. The summed E-state index contributed by atoms with van der Waals surface area (Å²) in [5.74, 6) is 6.23. The Morgan fingerprint density at radius 1 is 1.38 bits per heavy atom. The van der Waals surface area contributed by atoms with Gasteiger partial charge in [0, 0.05) is 19.5 Å². The van der Waals surface area contributed by atoms with Gasteiger partial charge >= 0.3 is 0 Å². The van der Waals surface area contributed by atoms with Crippen LogP contribution in [0.5, 0.6) is 0 Å². The fraction of sp³-hybridized carbons (Fsp3) is 0.800. The van der Waals surface area contributed by atoms with Crippen LogP contribution in [0.15, 0.2) is 4.99 Å². The van der Waals surface area contributed by atoms with Gasteiger partial charge < -0.3 is 10.6 Å². The van der Waals surface area contributed by atoms with Gasteiger partial charge in [-0.05, 0) is 12.8 Å². The summed E-state index contributed by atoms with van der Waals surface area (Å²) < 4.78 is 0. The second kappa shape index (κ2) is 8.96. The first-order chi connectivity index (χ1) is 7.60. The molecule has 0 aliphatic carbocycles. The van der Waals surface area contributed by atoms with Crippen molar-refractivity contribution < 1.29 is 4.79 Å². The van der Waals surface area contributed by atoms with Crippen molar-refractivity contribution >= 4 is 11.9 Å². The van der Waals surface area contributed by atoms with Crippen molar-refractivity contribution in [3.05, 3.63) is 0 Å². The summed E-state index contributed by atoms with van der Waals surface area (Å²) in [6.07, 6.45) is 0.378. The topological polar surface area (TPSA) is 91.5 Å². The zero-order valence-corrected chi connectivity index (χ0v) is 10.3. The first-order valence-electron chi connectivity index (χ1n) is 5.61. The Balaban J connectivity index is 3.74. The Hall–Kier alpha value is -1.30. The zero-order chi connectivity index (χ0) is 12.4. The lowest BCUT2D eigenvalue weighted by atomic mass is 10.2. The molecule has 0 radical (unpaired) electrons. The van der Waals surface area contributed by atoms with E-state index in [1.807, 2.05) is 6.92 Å². The van der Waals surface area contributed by atoms with Crippen LogP contribution < -0.4 is 21.9 Å². The monoisotopic (exact) mass is 229 g/mol. The molecule has 1 amide bonds. The molecular weight excluding hydrogens is 206 g/mol. The highest BCUT2D eigenvalue weighted by Crippen LogP contribution is 1.88. The molecule has 0 saturated carbocycles. The number of guanidine groups is 1. The molecule has 0 rings (SSSR count). The highest BCUT2D eigenvalue weighted by Gasteiger charge is 2.01. The molecule has 0 aliphatic heterocycles. The highest BCUT2D eigenvalue weighted by molar-refractivity contribution is 5.80. The molecule has 6 heteroatoms. The largest absolute Gasteiger partial charge is 0.356 e. The van der Waals surface area contributed by atoms with Crippen molar-refractivity contribution in [3.63, 3.8) is 0 Å². The number of hydrogen-bond donors (Lipinski definition) is 4. The van der Waals surface area contributed by atoms with Gasteiger partial charge in [0.2, 0.25) is 11.9 Å². The van der Waals surface area contributed by atoms with Crippen molar-refractivity contribution in [2.75, 3.05) is 19.6 Å². The van der Waals surface area contributed by atoms with Crippen molar-refractivity contribution in [3.8, 4) is 0 Å². The van der Waals surface area contributed by atoms with Crippen LogP contribution in [0.3, 0.4) is 0 Å². The lowest BCUT2D eigenvalue weighted by Gasteiger charge is -2.08. The molecule has 0 atom stereocenters. The van der Waals surface area contributed by atoms with E-state index >= 15 is 0 Å². The smallest absolute Gasteiger partial charge is 0.221 e. The number of carbonyl (C=O) groups excluding carboxylic acids is 1. The van der Waals surface area contributed by atoms with E-state index in [2.05, 4.69) is 34.9 Å². The minimum Gasteiger partial charge on any atom is -0.356 e. The SMILES string of the molecule is CCNC(=NCCC(=O)NCC(C)C)NN. The van der Waals surface area contributed by atoms with Gasteiger partial charge in [0.1, 0.15) is 0 Å². The number of nitrogens with zero attached hydrogens (tertiary/aromatic N) is 1. The van der Waals surface area contributed by atoms with Gasteiger partial charge in [-0.25, -0.2) is 5.84 Å². The predicted molar refractivity (Wildman–Crippen MR) is 65.8 cm³/mol. The van der Waals surface area contributed by atoms with Crippen molar-refractivity contribution in [2.24, 2.45) is 16.8 Å². The second-order valence-electron chi connectivity index (χ2n) is 3.85. The summed E-state index contributed by atoms with van der Waals surface area (Å²) in [5, 5.41) is 5.76. The van der Waals surface area contributed by atoms with Crippen molar-refractivity contribution in [1.29, 1.82) is 0 Å². The number of hydrazine groups is 1. The van der Waals surface area contributed by atoms with Gasteiger partial charge in [-0.1, -0.05) is 13.8 Å². The summed E-state index contributed by atoms with van der Waals surface area (Å²) in [5.41, 5.74) is 2.43. The summed E-state index contributed by atoms with van der Waals surface area (Å²) in [6.45, 7) is 7.93. The molecule has 0 saturated heterocycles. The normalized spacial score (nSPS) is 11.4. The van der Waals surface area contributed by atoms with E-state index in [1.54, 1.807) is 0 Å². The molecule has 0 aliphatic rings. The van der Waals surface area contributed by atoms with Gasteiger partial charge in [-0.3, -0.25) is 15.2 Å². The van der Waals surface area contributed by atoms with Crippen LogP contribution in [0.4, 0.5) is 0 Å². The fourth-order valence-corrected chi connectivity index (χ4v) is 0.996. The number of nitrogens with one attached hydrogen (secondary N) is 3. The van der Waals surface area contributed by atoms with E-state index in [-0.39, 0.29) is 5.91 Å². The van der Waals surface area contributed by atoms with Gasteiger partial charge in [-0.2, -0.15) is 0 Å². The zero-order valence-electron chi connectivity index (χ0n) is 10.3. The summed E-state index contributed by atoms with van der Waals surface area (Å²) in [6, 6.07) is 0. The molecule has 5 N–H and O–H groups in total. The molecule has 94 valence electrons. The van der Waals surface area contributed by atoms with E-state index < -0.39 is 0 Å². The Kier molecular flexibility index (Phi) is 8.24. The van der Waals surface area contributed by atoms with Crippen LogP contribution in [-0.2, 0) is 4.79 Å². The third-order valence-corrected chi connectivity index (χ3v) is 1.80. The Bertz CT molecular complexity index is 227. The summed E-state index contributed by atoms with van der Waals surface area (Å²) in [4.78, 5) is 15.4. The molecule has 0 spiro atoms. The first kappa shape index (κ1) is 14.7. The third kappa shape index (κ3) is 8.05. The van der Waals surface area contributed by atoms with Crippen molar-refractivity contribution in [1.82, 2.24) is 16.1 Å². The van der Waals surface area contributed by atoms with E-state index in [0.29, 0.717) is 31.4 Å².